The first-order valence-electron chi connectivity index (χ1n) is 6.42. The molecule has 0 radical (unpaired) electrons. The van der Waals surface area contributed by atoms with Gasteiger partial charge in [0.15, 0.2) is 0 Å². The maximum absolute atomic E-state index is 12.5. The molecule has 0 saturated carbocycles. The quantitative estimate of drug-likeness (QED) is 0.835. The van der Waals surface area contributed by atoms with Crippen LogP contribution in [0.2, 0.25) is 0 Å². The molecule has 3 heteroatoms. The molecule has 1 aliphatic heterocycles. The van der Waals surface area contributed by atoms with E-state index in [1.165, 1.54) is 0 Å². The lowest BCUT2D eigenvalue weighted by molar-refractivity contribution is 0.0716. The van der Waals surface area contributed by atoms with Crippen LogP contribution in [0.15, 0.2) is 48.5 Å². The van der Waals surface area contributed by atoms with Gasteiger partial charge in [0.2, 0.25) is 0 Å². The molecular formula is C16H16N2O. The van der Waals surface area contributed by atoms with Crippen LogP contribution in [-0.4, -0.2) is 10.8 Å². The average Bonchev–Trinajstić information content (AvgIpc) is 2.78. The van der Waals surface area contributed by atoms with Crippen molar-refractivity contribution in [1.29, 1.82) is 0 Å². The van der Waals surface area contributed by atoms with E-state index < -0.39 is 0 Å². The third-order valence-corrected chi connectivity index (χ3v) is 3.75. The Labute approximate surface area is 112 Å². The summed E-state index contributed by atoms with van der Waals surface area (Å²) < 4.78 is 0. The molecule has 2 aromatic rings. The topological polar surface area (TPSA) is 46.3 Å². The summed E-state index contributed by atoms with van der Waals surface area (Å²) in [6.45, 7) is 2.69. The minimum absolute atomic E-state index is 0.0319. The summed E-state index contributed by atoms with van der Waals surface area (Å²) in [5, 5.41) is 0. The number of nitrogens with zero attached hydrogens (tertiary/aromatic N) is 1. The number of nitrogens with two attached hydrogens (primary N) is 1. The molecule has 1 heterocycles. The maximum Gasteiger partial charge on any atom is 0.257 e. The number of carbonyl (C=O) groups is 1. The molecule has 19 heavy (non-hydrogen) atoms. The Hall–Kier alpha value is -2.29. The normalized spacial score (nSPS) is 15.4. The molecule has 0 aliphatic carbocycles. The highest BCUT2D eigenvalue weighted by Gasteiger charge is 2.32. The number of benzene rings is 2. The van der Waals surface area contributed by atoms with Crippen LogP contribution in [0.3, 0.4) is 0 Å². The minimum atomic E-state index is 0.0319. The van der Waals surface area contributed by atoms with Gasteiger partial charge >= 0.3 is 0 Å². The first-order valence-corrected chi connectivity index (χ1v) is 6.42. The van der Waals surface area contributed by atoms with Gasteiger partial charge in [-0.25, -0.2) is 0 Å². The zero-order valence-corrected chi connectivity index (χ0v) is 10.8. The minimum Gasteiger partial charge on any atom is -0.398 e. The van der Waals surface area contributed by atoms with E-state index >= 15 is 0 Å². The first-order chi connectivity index (χ1) is 9.18. The van der Waals surface area contributed by atoms with Crippen molar-refractivity contribution >= 4 is 11.6 Å². The molecule has 0 spiro atoms. The molecular weight excluding hydrogens is 236 g/mol. The molecule has 0 fully saturated rings. The van der Waals surface area contributed by atoms with Crippen molar-refractivity contribution in [1.82, 2.24) is 4.90 Å². The van der Waals surface area contributed by atoms with E-state index in [1.54, 1.807) is 6.07 Å². The highest BCUT2D eigenvalue weighted by molar-refractivity contribution is 6.03. The molecule has 0 bridgehead atoms. The van der Waals surface area contributed by atoms with E-state index in [0.717, 1.165) is 11.1 Å². The number of carbonyl (C=O) groups excluding carboxylic acids is 1. The smallest absolute Gasteiger partial charge is 0.257 e. The Morgan fingerprint density at radius 3 is 2.53 bits per heavy atom. The molecule has 3 nitrogen and oxygen atoms in total. The van der Waals surface area contributed by atoms with Crippen molar-refractivity contribution in [3.63, 3.8) is 0 Å². The van der Waals surface area contributed by atoms with Crippen molar-refractivity contribution in [2.24, 2.45) is 0 Å². The largest absolute Gasteiger partial charge is 0.398 e. The summed E-state index contributed by atoms with van der Waals surface area (Å²) in [4.78, 5) is 14.3. The molecule has 1 amide bonds. The third-order valence-electron chi connectivity index (χ3n) is 3.75. The molecule has 1 unspecified atom stereocenters. The van der Waals surface area contributed by atoms with Crippen molar-refractivity contribution in [2.45, 2.75) is 19.5 Å². The van der Waals surface area contributed by atoms with Crippen LogP contribution in [0.4, 0.5) is 5.69 Å². The van der Waals surface area contributed by atoms with Crippen LogP contribution in [0, 0.1) is 0 Å². The predicted molar refractivity (Wildman–Crippen MR) is 75.6 cm³/mol. The van der Waals surface area contributed by atoms with E-state index in [2.05, 4.69) is 6.92 Å². The monoisotopic (exact) mass is 252 g/mol. The second-order valence-electron chi connectivity index (χ2n) is 4.90. The van der Waals surface area contributed by atoms with Crippen molar-refractivity contribution in [3.8, 4) is 0 Å². The molecule has 2 aromatic carbocycles. The molecule has 1 atom stereocenters. The summed E-state index contributed by atoms with van der Waals surface area (Å²) in [7, 11) is 0. The van der Waals surface area contributed by atoms with E-state index in [9.17, 15) is 4.79 Å². The zero-order chi connectivity index (χ0) is 13.4. The lowest BCUT2D eigenvalue weighted by atomic mass is 10.1. The van der Waals surface area contributed by atoms with E-state index in [0.29, 0.717) is 17.8 Å². The number of hydrogen-bond donors (Lipinski definition) is 1. The molecule has 0 saturated heterocycles. The van der Waals surface area contributed by atoms with Gasteiger partial charge in [-0.3, -0.25) is 4.79 Å². The van der Waals surface area contributed by atoms with Crippen LogP contribution in [0.25, 0.3) is 0 Å². The second-order valence-corrected chi connectivity index (χ2v) is 4.90. The number of anilines is 1. The van der Waals surface area contributed by atoms with Gasteiger partial charge in [-0.1, -0.05) is 42.5 Å². The van der Waals surface area contributed by atoms with Crippen LogP contribution in [0.5, 0.6) is 0 Å². The number of nitrogen functional groups attached to an aromatic ring is 1. The second kappa shape index (κ2) is 4.43. The zero-order valence-electron chi connectivity index (χ0n) is 10.8. The van der Waals surface area contributed by atoms with Gasteiger partial charge in [0, 0.05) is 12.2 Å². The number of fused-ring (bicyclic) bond motifs is 1. The fourth-order valence-corrected chi connectivity index (χ4v) is 2.64. The summed E-state index contributed by atoms with van der Waals surface area (Å²) in [6.07, 6.45) is 0. The maximum atomic E-state index is 12.5. The highest BCUT2D eigenvalue weighted by Crippen LogP contribution is 2.33. The molecule has 0 aromatic heterocycles. The van der Waals surface area contributed by atoms with Crippen LogP contribution in [0.1, 0.15) is 34.5 Å². The average molecular weight is 252 g/mol. The van der Waals surface area contributed by atoms with Crippen LogP contribution in [-0.2, 0) is 6.54 Å². The Morgan fingerprint density at radius 1 is 1.11 bits per heavy atom. The number of rotatable bonds is 2. The van der Waals surface area contributed by atoms with Gasteiger partial charge in [-0.15, -0.1) is 0 Å². The summed E-state index contributed by atoms with van der Waals surface area (Å²) in [6, 6.07) is 15.8. The lowest BCUT2D eigenvalue weighted by Crippen LogP contribution is -2.27. The molecule has 3 rings (SSSR count). The van der Waals surface area contributed by atoms with Gasteiger partial charge in [0.1, 0.15) is 0 Å². The Kier molecular flexibility index (Phi) is 2.75. The van der Waals surface area contributed by atoms with Crippen molar-refractivity contribution in [2.75, 3.05) is 5.73 Å². The van der Waals surface area contributed by atoms with Crippen molar-refractivity contribution < 1.29 is 4.79 Å². The number of hydrogen-bond acceptors (Lipinski definition) is 2. The van der Waals surface area contributed by atoms with E-state index in [1.807, 2.05) is 47.4 Å². The fraction of sp³-hybridized carbons (Fsp3) is 0.188. The van der Waals surface area contributed by atoms with Crippen molar-refractivity contribution in [3.05, 3.63) is 65.2 Å². The van der Waals surface area contributed by atoms with Gasteiger partial charge in [0.25, 0.3) is 5.91 Å². The van der Waals surface area contributed by atoms with Gasteiger partial charge in [-0.05, 0) is 24.1 Å². The fourth-order valence-electron chi connectivity index (χ4n) is 2.64. The SMILES string of the molecule is CC(c1ccccc1)N1Cc2cccc(N)c2C1=O. The van der Waals surface area contributed by atoms with Crippen LogP contribution < -0.4 is 5.73 Å². The molecule has 96 valence electrons. The Balaban J connectivity index is 1.94. The first kappa shape index (κ1) is 11.8. The van der Waals surface area contributed by atoms with Crippen LogP contribution >= 0.6 is 0 Å². The Morgan fingerprint density at radius 2 is 1.84 bits per heavy atom. The van der Waals surface area contributed by atoms with Gasteiger partial charge in [-0.2, -0.15) is 0 Å². The standard InChI is InChI=1S/C16H16N2O/c1-11(12-6-3-2-4-7-12)18-10-13-8-5-9-14(17)15(13)16(18)19/h2-9,11H,10,17H2,1H3. The van der Waals surface area contributed by atoms with Gasteiger partial charge < -0.3 is 10.6 Å². The lowest BCUT2D eigenvalue weighted by Gasteiger charge is -2.24. The number of amides is 1. The predicted octanol–water partition coefficient (Wildman–Crippen LogP) is 2.99. The van der Waals surface area contributed by atoms with E-state index in [4.69, 9.17) is 5.73 Å². The van der Waals surface area contributed by atoms with Gasteiger partial charge in [0.05, 0.1) is 11.6 Å². The summed E-state index contributed by atoms with van der Waals surface area (Å²) in [5.41, 5.74) is 9.32. The summed E-state index contributed by atoms with van der Waals surface area (Å²) in [5.74, 6) is 0.0319. The molecule has 1 aliphatic rings. The van der Waals surface area contributed by atoms with E-state index in [-0.39, 0.29) is 11.9 Å². The highest BCUT2D eigenvalue weighted by atomic mass is 16.2. The third kappa shape index (κ3) is 1.87. The Bertz CT molecular complexity index is 622. The molecule has 2 N–H and O–H groups in total. The summed E-state index contributed by atoms with van der Waals surface area (Å²) >= 11 is 0.